The second-order valence-electron chi connectivity index (χ2n) is 3.65. The summed E-state index contributed by atoms with van der Waals surface area (Å²) >= 11 is 13.5. The van der Waals surface area contributed by atoms with Gasteiger partial charge in [-0.1, -0.05) is 34.5 Å². The number of halogens is 2. The molecule has 0 amide bonds. The highest BCUT2D eigenvalue weighted by molar-refractivity contribution is 7.22. The third-order valence-corrected chi connectivity index (χ3v) is 4.07. The lowest BCUT2D eigenvalue weighted by Gasteiger charge is -1.99. The zero-order valence-corrected chi connectivity index (χ0v) is 11.6. The van der Waals surface area contributed by atoms with E-state index >= 15 is 0 Å². The lowest BCUT2D eigenvalue weighted by Crippen LogP contribution is -2.04. The Morgan fingerprint density at radius 3 is 2.78 bits per heavy atom. The van der Waals surface area contributed by atoms with Crippen LogP contribution in [0.3, 0.4) is 0 Å². The minimum Gasteiger partial charge on any atom is -0.481 e. The summed E-state index contributed by atoms with van der Waals surface area (Å²) in [7, 11) is 0. The second-order valence-corrected chi connectivity index (χ2v) is 5.46. The van der Waals surface area contributed by atoms with Gasteiger partial charge in [-0.2, -0.15) is 0 Å². The van der Waals surface area contributed by atoms with Crippen molar-refractivity contribution in [2.75, 3.05) is 11.9 Å². The highest BCUT2D eigenvalue weighted by Crippen LogP contribution is 2.35. The summed E-state index contributed by atoms with van der Waals surface area (Å²) in [6.45, 7) is 0.557. The highest BCUT2D eigenvalue weighted by atomic mass is 35.5. The number of carbonyl (C=O) groups is 1. The lowest BCUT2D eigenvalue weighted by atomic mass is 10.3. The van der Waals surface area contributed by atoms with Gasteiger partial charge in [0.05, 0.1) is 14.7 Å². The molecule has 0 aliphatic heterocycles. The van der Waals surface area contributed by atoms with Gasteiger partial charge in [0.1, 0.15) is 5.52 Å². The van der Waals surface area contributed by atoms with E-state index in [0.29, 0.717) is 33.7 Å². The van der Waals surface area contributed by atoms with Gasteiger partial charge in [-0.15, -0.1) is 0 Å². The van der Waals surface area contributed by atoms with Gasteiger partial charge in [0, 0.05) is 13.0 Å². The molecule has 0 spiro atoms. The fraction of sp³-hybridized carbons (Fsp3) is 0.273. The maximum atomic E-state index is 10.4. The van der Waals surface area contributed by atoms with Crippen molar-refractivity contribution >= 4 is 55.9 Å². The molecule has 18 heavy (non-hydrogen) atoms. The van der Waals surface area contributed by atoms with Crippen molar-refractivity contribution in [3.05, 3.63) is 22.2 Å². The molecule has 0 saturated carbocycles. The summed E-state index contributed by atoms with van der Waals surface area (Å²) in [5.41, 5.74) is 0.676. The number of hydrogen-bond acceptors (Lipinski definition) is 4. The van der Waals surface area contributed by atoms with Crippen LogP contribution in [0.5, 0.6) is 0 Å². The van der Waals surface area contributed by atoms with Gasteiger partial charge in [-0.05, 0) is 18.6 Å². The van der Waals surface area contributed by atoms with Crippen LogP contribution in [0.1, 0.15) is 12.8 Å². The average molecular weight is 305 g/mol. The number of carboxylic acid groups (broad SMARTS) is 1. The molecule has 0 fully saturated rings. The van der Waals surface area contributed by atoms with Crippen LogP contribution in [0, 0.1) is 0 Å². The molecule has 2 rings (SSSR count). The lowest BCUT2D eigenvalue weighted by molar-refractivity contribution is -0.137. The Balaban J connectivity index is 2.08. The maximum Gasteiger partial charge on any atom is 0.303 e. The number of hydrogen-bond donors (Lipinski definition) is 2. The molecule has 2 aromatic rings. The Labute approximate surface area is 118 Å². The van der Waals surface area contributed by atoms with E-state index in [-0.39, 0.29) is 6.42 Å². The van der Waals surface area contributed by atoms with Crippen LogP contribution >= 0.6 is 34.5 Å². The summed E-state index contributed by atoms with van der Waals surface area (Å²) in [6, 6.07) is 3.44. The summed E-state index contributed by atoms with van der Waals surface area (Å²) in [5.74, 6) is -0.799. The van der Waals surface area contributed by atoms with Gasteiger partial charge in [0.15, 0.2) is 5.13 Å². The fourth-order valence-corrected chi connectivity index (χ4v) is 2.90. The van der Waals surface area contributed by atoms with E-state index < -0.39 is 5.97 Å². The van der Waals surface area contributed by atoms with Gasteiger partial charge in [-0.3, -0.25) is 4.79 Å². The van der Waals surface area contributed by atoms with Crippen molar-refractivity contribution < 1.29 is 9.90 Å². The molecule has 1 aromatic heterocycles. The Kier molecular flexibility index (Phi) is 4.27. The van der Waals surface area contributed by atoms with Crippen LogP contribution in [0.25, 0.3) is 10.2 Å². The van der Waals surface area contributed by atoms with Gasteiger partial charge in [0.25, 0.3) is 0 Å². The molecular formula is C11H10Cl2N2O2S. The number of rotatable bonds is 5. The quantitative estimate of drug-likeness (QED) is 0.823. The van der Waals surface area contributed by atoms with Crippen molar-refractivity contribution in [1.82, 2.24) is 4.98 Å². The molecule has 0 saturated heterocycles. The normalized spacial score (nSPS) is 10.8. The Bertz CT molecular complexity index is 547. The van der Waals surface area contributed by atoms with E-state index in [4.69, 9.17) is 28.3 Å². The summed E-state index contributed by atoms with van der Waals surface area (Å²) < 4.78 is 0.838. The molecule has 0 radical (unpaired) electrons. The van der Waals surface area contributed by atoms with E-state index in [9.17, 15) is 4.79 Å². The molecule has 1 heterocycles. The summed E-state index contributed by atoms with van der Waals surface area (Å²) in [5, 5.41) is 13.5. The first-order chi connectivity index (χ1) is 8.58. The number of aliphatic carboxylic acids is 1. The predicted molar refractivity (Wildman–Crippen MR) is 75.0 cm³/mol. The van der Waals surface area contributed by atoms with E-state index in [1.54, 1.807) is 12.1 Å². The topological polar surface area (TPSA) is 62.2 Å². The van der Waals surface area contributed by atoms with Crippen molar-refractivity contribution in [1.29, 1.82) is 0 Å². The molecule has 0 aliphatic carbocycles. The molecule has 4 nitrogen and oxygen atoms in total. The van der Waals surface area contributed by atoms with E-state index in [1.807, 2.05) is 0 Å². The molecule has 2 N–H and O–H groups in total. The number of benzene rings is 1. The number of nitrogens with zero attached hydrogens (tertiary/aromatic N) is 1. The zero-order valence-electron chi connectivity index (χ0n) is 9.24. The third kappa shape index (κ3) is 3.04. The fourth-order valence-electron chi connectivity index (χ4n) is 1.46. The largest absolute Gasteiger partial charge is 0.481 e. The number of carboxylic acids is 1. The Hall–Kier alpha value is -1.04. The van der Waals surface area contributed by atoms with Crippen molar-refractivity contribution in [2.45, 2.75) is 12.8 Å². The smallest absolute Gasteiger partial charge is 0.303 e. The average Bonchev–Trinajstić information content (AvgIpc) is 2.75. The van der Waals surface area contributed by atoms with Gasteiger partial charge in [0.2, 0.25) is 0 Å². The molecule has 0 aliphatic rings. The van der Waals surface area contributed by atoms with Crippen LogP contribution in [-0.2, 0) is 4.79 Å². The highest BCUT2D eigenvalue weighted by Gasteiger charge is 2.10. The molecule has 0 bridgehead atoms. The number of nitrogens with one attached hydrogen (secondary N) is 1. The molecule has 0 atom stereocenters. The summed E-state index contributed by atoms with van der Waals surface area (Å²) in [4.78, 5) is 14.7. The van der Waals surface area contributed by atoms with Crippen molar-refractivity contribution in [3.63, 3.8) is 0 Å². The predicted octanol–water partition coefficient (Wildman–Crippen LogP) is 3.88. The van der Waals surface area contributed by atoms with Gasteiger partial charge < -0.3 is 10.4 Å². The second kappa shape index (κ2) is 5.73. The van der Waals surface area contributed by atoms with Gasteiger partial charge in [-0.25, -0.2) is 4.98 Å². The maximum absolute atomic E-state index is 10.4. The van der Waals surface area contributed by atoms with Crippen LogP contribution < -0.4 is 5.32 Å². The summed E-state index contributed by atoms with van der Waals surface area (Å²) in [6.07, 6.45) is 0.687. The van der Waals surface area contributed by atoms with Crippen LogP contribution in [-0.4, -0.2) is 22.6 Å². The first-order valence-electron chi connectivity index (χ1n) is 5.28. The molecule has 96 valence electrons. The zero-order chi connectivity index (χ0) is 13.1. The standard InChI is InChI=1S/C11H10Cl2N2O2S/c12-6-3-4-7(13)10-9(6)15-11(18-10)14-5-1-2-8(16)17/h3-4H,1-2,5H2,(H,14,15)(H,16,17). The molecular weight excluding hydrogens is 295 g/mol. The molecule has 0 unspecified atom stereocenters. The minimum absolute atomic E-state index is 0.138. The monoisotopic (exact) mass is 304 g/mol. The number of thiazole rings is 1. The van der Waals surface area contributed by atoms with Gasteiger partial charge >= 0.3 is 5.97 Å². The SMILES string of the molecule is O=C(O)CCCNc1nc2c(Cl)ccc(Cl)c2s1. The first kappa shape index (κ1) is 13.4. The van der Waals surface area contributed by atoms with Crippen LogP contribution in [0.4, 0.5) is 5.13 Å². The molecule has 7 heteroatoms. The molecule has 1 aromatic carbocycles. The third-order valence-electron chi connectivity index (χ3n) is 2.29. The van der Waals surface area contributed by atoms with E-state index in [0.717, 1.165) is 4.70 Å². The minimum atomic E-state index is -0.799. The Morgan fingerprint density at radius 1 is 1.39 bits per heavy atom. The van der Waals surface area contributed by atoms with E-state index in [2.05, 4.69) is 10.3 Å². The first-order valence-corrected chi connectivity index (χ1v) is 6.85. The van der Waals surface area contributed by atoms with Crippen molar-refractivity contribution in [2.24, 2.45) is 0 Å². The van der Waals surface area contributed by atoms with Crippen LogP contribution in [0.15, 0.2) is 12.1 Å². The number of fused-ring (bicyclic) bond motifs is 1. The number of anilines is 1. The van der Waals surface area contributed by atoms with Crippen molar-refractivity contribution in [3.8, 4) is 0 Å². The Morgan fingerprint density at radius 2 is 2.11 bits per heavy atom. The van der Waals surface area contributed by atoms with E-state index in [1.165, 1.54) is 11.3 Å². The van der Waals surface area contributed by atoms with Crippen LogP contribution in [0.2, 0.25) is 10.0 Å². The number of aromatic nitrogens is 1.